The number of hydrogen-bond acceptors (Lipinski definition) is 2. The predicted octanol–water partition coefficient (Wildman–Crippen LogP) is 1.57. The van der Waals surface area contributed by atoms with Crippen molar-refractivity contribution >= 4 is 5.69 Å². The largest absolute Gasteiger partial charge is 0.386 e. The van der Waals surface area contributed by atoms with Crippen molar-refractivity contribution in [3.8, 4) is 0 Å². The van der Waals surface area contributed by atoms with Crippen molar-refractivity contribution in [1.82, 2.24) is 4.98 Å². The second-order valence-corrected chi connectivity index (χ2v) is 2.01. The summed E-state index contributed by atoms with van der Waals surface area (Å²) in [6.45, 7) is 1.64. The molecule has 0 spiro atoms. The molecule has 0 saturated heterocycles. The Hall–Kier alpha value is -1.12. The molecule has 1 heterocycles. The summed E-state index contributed by atoms with van der Waals surface area (Å²) in [4.78, 5) is 3.77. The van der Waals surface area contributed by atoms with Crippen molar-refractivity contribution in [2.75, 3.05) is 12.4 Å². The van der Waals surface area contributed by atoms with Crippen LogP contribution in [0.2, 0.25) is 0 Å². The zero-order valence-corrected chi connectivity index (χ0v) is 5.98. The van der Waals surface area contributed by atoms with E-state index in [0.29, 0.717) is 11.4 Å². The molecule has 2 nitrogen and oxygen atoms in total. The van der Waals surface area contributed by atoms with Crippen molar-refractivity contribution < 1.29 is 4.39 Å². The molecule has 0 saturated carbocycles. The van der Waals surface area contributed by atoms with Gasteiger partial charge >= 0.3 is 0 Å². The van der Waals surface area contributed by atoms with E-state index in [1.165, 1.54) is 0 Å². The van der Waals surface area contributed by atoms with Crippen LogP contribution in [-0.2, 0) is 0 Å². The molecule has 10 heavy (non-hydrogen) atoms. The highest BCUT2D eigenvalue weighted by atomic mass is 19.1. The molecule has 0 fully saturated rings. The average Bonchev–Trinajstić information content (AvgIpc) is 1.95. The lowest BCUT2D eigenvalue weighted by atomic mass is 10.3. The van der Waals surface area contributed by atoms with Gasteiger partial charge in [-0.3, -0.25) is 4.98 Å². The second-order valence-electron chi connectivity index (χ2n) is 2.01. The average molecular weight is 140 g/mol. The molecule has 1 aromatic rings. The Balaban J connectivity index is 3.14. The van der Waals surface area contributed by atoms with Crippen LogP contribution < -0.4 is 5.32 Å². The zero-order valence-electron chi connectivity index (χ0n) is 5.98. The Morgan fingerprint density at radius 1 is 1.60 bits per heavy atom. The SMILES string of the molecule is CNc1ccnc(C)c1F. The van der Waals surface area contributed by atoms with E-state index in [1.807, 2.05) is 0 Å². The van der Waals surface area contributed by atoms with Gasteiger partial charge in [0.2, 0.25) is 0 Å². The lowest BCUT2D eigenvalue weighted by Crippen LogP contribution is -1.95. The molecule has 1 aromatic heterocycles. The van der Waals surface area contributed by atoms with Gasteiger partial charge in [0.1, 0.15) is 0 Å². The van der Waals surface area contributed by atoms with Crippen molar-refractivity contribution in [2.24, 2.45) is 0 Å². The number of anilines is 1. The van der Waals surface area contributed by atoms with Gasteiger partial charge in [0.15, 0.2) is 5.82 Å². The van der Waals surface area contributed by atoms with Crippen LogP contribution in [0.25, 0.3) is 0 Å². The zero-order chi connectivity index (χ0) is 7.56. The molecule has 0 aliphatic rings. The van der Waals surface area contributed by atoms with E-state index in [9.17, 15) is 4.39 Å². The van der Waals surface area contributed by atoms with Crippen molar-refractivity contribution in [3.05, 3.63) is 23.8 Å². The van der Waals surface area contributed by atoms with Gasteiger partial charge < -0.3 is 5.32 Å². The van der Waals surface area contributed by atoms with Gasteiger partial charge in [-0.05, 0) is 13.0 Å². The van der Waals surface area contributed by atoms with Gasteiger partial charge in [-0.15, -0.1) is 0 Å². The number of aryl methyl sites for hydroxylation is 1. The molecule has 0 bridgehead atoms. The van der Waals surface area contributed by atoms with Gasteiger partial charge in [-0.1, -0.05) is 0 Å². The smallest absolute Gasteiger partial charge is 0.167 e. The summed E-state index contributed by atoms with van der Waals surface area (Å²) in [6.07, 6.45) is 1.57. The first-order valence-corrected chi connectivity index (χ1v) is 3.04. The van der Waals surface area contributed by atoms with E-state index in [4.69, 9.17) is 0 Å². The molecule has 3 heteroatoms. The minimum atomic E-state index is -0.273. The Bertz CT molecular complexity index is 235. The minimum absolute atomic E-state index is 0.273. The first-order valence-electron chi connectivity index (χ1n) is 3.04. The van der Waals surface area contributed by atoms with E-state index < -0.39 is 0 Å². The standard InChI is InChI=1S/C7H9FN2/c1-5-7(8)6(9-2)3-4-10-5/h3-4H,1-2H3,(H,9,10). The van der Waals surface area contributed by atoms with Gasteiger partial charge in [0.05, 0.1) is 11.4 Å². The van der Waals surface area contributed by atoms with Crippen LogP contribution in [-0.4, -0.2) is 12.0 Å². The number of halogens is 1. The van der Waals surface area contributed by atoms with E-state index in [-0.39, 0.29) is 5.82 Å². The lowest BCUT2D eigenvalue weighted by Gasteiger charge is -2.01. The molecule has 0 radical (unpaired) electrons. The first-order chi connectivity index (χ1) is 4.75. The molecular weight excluding hydrogens is 131 g/mol. The lowest BCUT2D eigenvalue weighted by molar-refractivity contribution is 0.613. The molecule has 0 aromatic carbocycles. The van der Waals surface area contributed by atoms with Crippen LogP contribution in [0.15, 0.2) is 12.3 Å². The summed E-state index contributed by atoms with van der Waals surface area (Å²) >= 11 is 0. The Morgan fingerprint density at radius 3 is 2.80 bits per heavy atom. The third-order valence-corrected chi connectivity index (χ3v) is 1.33. The normalized spacial score (nSPS) is 9.50. The fourth-order valence-electron chi connectivity index (χ4n) is 0.741. The van der Waals surface area contributed by atoms with Crippen LogP contribution in [0, 0.1) is 12.7 Å². The summed E-state index contributed by atoms with van der Waals surface area (Å²) in [5.74, 6) is -0.273. The maximum absolute atomic E-state index is 12.9. The number of hydrogen-bond donors (Lipinski definition) is 1. The summed E-state index contributed by atoms with van der Waals surface area (Å²) in [5, 5.41) is 2.72. The molecule has 0 atom stereocenters. The molecule has 0 aliphatic carbocycles. The van der Waals surface area contributed by atoms with Crippen LogP contribution in [0.4, 0.5) is 10.1 Å². The highest BCUT2D eigenvalue weighted by molar-refractivity contribution is 5.43. The van der Waals surface area contributed by atoms with Gasteiger partial charge in [0, 0.05) is 13.2 Å². The van der Waals surface area contributed by atoms with Gasteiger partial charge in [-0.2, -0.15) is 0 Å². The van der Waals surface area contributed by atoms with Crippen LogP contribution in [0.1, 0.15) is 5.69 Å². The van der Waals surface area contributed by atoms with E-state index in [1.54, 1.807) is 26.2 Å². The summed E-state index contributed by atoms with van der Waals surface area (Å²) in [6, 6.07) is 1.60. The fraction of sp³-hybridized carbons (Fsp3) is 0.286. The highest BCUT2D eigenvalue weighted by Gasteiger charge is 2.01. The maximum atomic E-state index is 12.9. The van der Waals surface area contributed by atoms with E-state index >= 15 is 0 Å². The van der Waals surface area contributed by atoms with Crippen LogP contribution in [0.5, 0.6) is 0 Å². The number of aromatic nitrogens is 1. The van der Waals surface area contributed by atoms with Crippen molar-refractivity contribution in [2.45, 2.75) is 6.92 Å². The minimum Gasteiger partial charge on any atom is -0.386 e. The quantitative estimate of drug-likeness (QED) is 0.640. The van der Waals surface area contributed by atoms with Crippen LogP contribution in [0.3, 0.4) is 0 Å². The summed E-state index contributed by atoms with van der Waals surface area (Å²) in [7, 11) is 1.68. The number of pyridine rings is 1. The molecule has 54 valence electrons. The Labute approximate surface area is 59.1 Å². The Morgan fingerprint density at radius 2 is 2.30 bits per heavy atom. The van der Waals surface area contributed by atoms with E-state index in [0.717, 1.165) is 0 Å². The Kier molecular flexibility index (Phi) is 1.85. The number of nitrogens with zero attached hydrogens (tertiary/aromatic N) is 1. The molecule has 0 unspecified atom stereocenters. The van der Waals surface area contributed by atoms with Gasteiger partial charge in [0.25, 0.3) is 0 Å². The molecule has 0 amide bonds. The topological polar surface area (TPSA) is 24.9 Å². The third-order valence-electron chi connectivity index (χ3n) is 1.33. The van der Waals surface area contributed by atoms with E-state index in [2.05, 4.69) is 10.3 Å². The summed E-state index contributed by atoms with van der Waals surface area (Å²) in [5.41, 5.74) is 0.916. The second kappa shape index (κ2) is 2.64. The molecule has 0 aliphatic heterocycles. The third kappa shape index (κ3) is 1.07. The molecule has 1 N–H and O–H groups in total. The molecular formula is C7H9FN2. The number of rotatable bonds is 1. The number of nitrogens with one attached hydrogen (secondary N) is 1. The highest BCUT2D eigenvalue weighted by Crippen LogP contribution is 2.13. The fourth-order valence-corrected chi connectivity index (χ4v) is 0.741. The maximum Gasteiger partial charge on any atom is 0.167 e. The van der Waals surface area contributed by atoms with Gasteiger partial charge in [-0.25, -0.2) is 4.39 Å². The monoisotopic (exact) mass is 140 g/mol. The molecule has 1 rings (SSSR count). The van der Waals surface area contributed by atoms with Crippen molar-refractivity contribution in [3.63, 3.8) is 0 Å². The van der Waals surface area contributed by atoms with Crippen LogP contribution >= 0.6 is 0 Å². The first kappa shape index (κ1) is 6.99. The summed E-state index contributed by atoms with van der Waals surface area (Å²) < 4.78 is 12.9. The predicted molar refractivity (Wildman–Crippen MR) is 38.5 cm³/mol. The van der Waals surface area contributed by atoms with Crippen molar-refractivity contribution in [1.29, 1.82) is 0 Å².